The van der Waals surface area contributed by atoms with Crippen LogP contribution in [0.25, 0.3) is 0 Å². The smallest absolute Gasteiger partial charge is 0.177 e. The van der Waals surface area contributed by atoms with Gasteiger partial charge in [-0.3, -0.25) is 0 Å². The first-order chi connectivity index (χ1) is 4.83. The molecule has 0 saturated heterocycles. The monoisotopic (exact) mass is 142 g/mol. The summed E-state index contributed by atoms with van der Waals surface area (Å²) in [6.45, 7) is 4.73. The van der Waals surface area contributed by atoms with Gasteiger partial charge in [0, 0.05) is 6.61 Å². The van der Waals surface area contributed by atoms with Crippen LogP contribution >= 0.6 is 0 Å². The number of hydrogen-bond acceptors (Lipinski definition) is 2. The van der Waals surface area contributed by atoms with Crippen LogP contribution in [0.4, 0.5) is 0 Å². The summed E-state index contributed by atoms with van der Waals surface area (Å²) in [6, 6.07) is 0. The summed E-state index contributed by atoms with van der Waals surface area (Å²) in [5.74, 6) is 0. The molecule has 0 saturated carbocycles. The summed E-state index contributed by atoms with van der Waals surface area (Å²) in [4.78, 5) is 0. The van der Waals surface area contributed by atoms with E-state index in [2.05, 4.69) is 13.0 Å². The third-order valence-corrected chi connectivity index (χ3v) is 1.46. The molecule has 0 aliphatic carbocycles. The summed E-state index contributed by atoms with van der Waals surface area (Å²) in [6.07, 6.45) is 5.27. The zero-order valence-electron chi connectivity index (χ0n) is 6.54. The summed E-state index contributed by atoms with van der Waals surface area (Å²) in [5, 5.41) is 0. The lowest BCUT2D eigenvalue weighted by molar-refractivity contribution is -0.139. The van der Waals surface area contributed by atoms with E-state index < -0.39 is 0 Å². The second kappa shape index (κ2) is 3.74. The van der Waals surface area contributed by atoms with Gasteiger partial charge in [-0.05, 0) is 26.3 Å². The van der Waals surface area contributed by atoms with E-state index in [4.69, 9.17) is 9.47 Å². The molecule has 0 aromatic heterocycles. The zero-order valence-corrected chi connectivity index (χ0v) is 6.54. The van der Waals surface area contributed by atoms with Crippen molar-refractivity contribution in [2.24, 2.45) is 0 Å². The predicted molar refractivity (Wildman–Crippen MR) is 39.7 cm³/mol. The first kappa shape index (κ1) is 7.76. The van der Waals surface area contributed by atoms with Crippen molar-refractivity contribution in [3.63, 3.8) is 0 Å². The quantitative estimate of drug-likeness (QED) is 0.546. The zero-order chi connectivity index (χ0) is 7.40. The van der Waals surface area contributed by atoms with Crippen LogP contribution in [0.2, 0.25) is 0 Å². The Labute approximate surface area is 61.8 Å². The Kier molecular flexibility index (Phi) is 2.90. The molecule has 2 heteroatoms. The number of ether oxygens (including phenoxy) is 2. The molecule has 0 unspecified atom stereocenters. The van der Waals surface area contributed by atoms with Gasteiger partial charge in [0.2, 0.25) is 0 Å². The van der Waals surface area contributed by atoms with Crippen LogP contribution in [-0.2, 0) is 9.47 Å². The Morgan fingerprint density at radius 3 is 3.10 bits per heavy atom. The van der Waals surface area contributed by atoms with Gasteiger partial charge in [-0.1, -0.05) is 6.08 Å². The average Bonchev–Trinajstić information content (AvgIpc) is 1.88. The van der Waals surface area contributed by atoms with Gasteiger partial charge in [0.15, 0.2) is 6.29 Å². The highest BCUT2D eigenvalue weighted by atomic mass is 16.7. The largest absolute Gasteiger partial charge is 0.349 e. The molecular formula is C8H14O2. The van der Waals surface area contributed by atoms with Crippen LogP contribution in [0.3, 0.4) is 0 Å². The van der Waals surface area contributed by atoms with Gasteiger partial charge in [-0.25, -0.2) is 0 Å². The normalized spacial score (nSPS) is 32.6. The highest BCUT2D eigenvalue weighted by Gasteiger charge is 2.12. The lowest BCUT2D eigenvalue weighted by atomic mass is 10.2. The molecule has 0 aromatic carbocycles. The van der Waals surface area contributed by atoms with Crippen LogP contribution < -0.4 is 0 Å². The van der Waals surface area contributed by atoms with E-state index >= 15 is 0 Å². The Morgan fingerprint density at radius 2 is 2.50 bits per heavy atom. The summed E-state index contributed by atoms with van der Waals surface area (Å²) >= 11 is 0. The van der Waals surface area contributed by atoms with Gasteiger partial charge >= 0.3 is 0 Å². The fraction of sp³-hybridized carbons (Fsp3) is 0.750. The second-order valence-electron chi connectivity index (χ2n) is 2.43. The molecule has 1 rings (SSSR count). The summed E-state index contributed by atoms with van der Waals surface area (Å²) in [7, 11) is 0. The molecule has 10 heavy (non-hydrogen) atoms. The Morgan fingerprint density at radius 1 is 1.70 bits per heavy atom. The molecule has 0 bridgehead atoms. The van der Waals surface area contributed by atoms with Crippen LogP contribution in [0.5, 0.6) is 0 Å². The van der Waals surface area contributed by atoms with Crippen molar-refractivity contribution in [1.29, 1.82) is 0 Å². The molecule has 0 aromatic rings. The van der Waals surface area contributed by atoms with Gasteiger partial charge in [0.05, 0.1) is 6.10 Å². The van der Waals surface area contributed by atoms with E-state index in [0.29, 0.717) is 12.7 Å². The molecule has 0 fully saturated rings. The van der Waals surface area contributed by atoms with Crippen molar-refractivity contribution in [3.05, 3.63) is 12.2 Å². The molecule has 1 aliphatic heterocycles. The molecule has 0 spiro atoms. The average molecular weight is 142 g/mol. The van der Waals surface area contributed by atoms with E-state index in [1.54, 1.807) is 0 Å². The minimum atomic E-state index is -0.103. The molecule has 1 aliphatic rings. The SMILES string of the molecule is CCO[C@@H]1C=CC[C@@H](C)O1. The van der Waals surface area contributed by atoms with Crippen molar-refractivity contribution < 1.29 is 9.47 Å². The standard InChI is InChI=1S/C8H14O2/c1-3-9-8-6-4-5-7(2)10-8/h4,6-8H,3,5H2,1-2H3/t7-,8+/m1/s1. The molecule has 58 valence electrons. The maximum atomic E-state index is 5.42. The van der Waals surface area contributed by atoms with Crippen molar-refractivity contribution in [2.45, 2.75) is 32.7 Å². The van der Waals surface area contributed by atoms with Crippen molar-refractivity contribution in [2.75, 3.05) is 6.61 Å². The van der Waals surface area contributed by atoms with Crippen LogP contribution in [0.1, 0.15) is 20.3 Å². The highest BCUT2D eigenvalue weighted by molar-refractivity contribution is 4.91. The van der Waals surface area contributed by atoms with E-state index in [-0.39, 0.29) is 6.29 Å². The molecule has 0 N–H and O–H groups in total. The van der Waals surface area contributed by atoms with Crippen molar-refractivity contribution >= 4 is 0 Å². The molecule has 0 radical (unpaired) electrons. The Hall–Kier alpha value is -0.340. The second-order valence-corrected chi connectivity index (χ2v) is 2.43. The molecule has 0 amide bonds. The van der Waals surface area contributed by atoms with Crippen LogP contribution in [0, 0.1) is 0 Å². The van der Waals surface area contributed by atoms with Gasteiger partial charge in [0.25, 0.3) is 0 Å². The topological polar surface area (TPSA) is 18.5 Å². The van der Waals surface area contributed by atoms with Crippen LogP contribution in [-0.4, -0.2) is 19.0 Å². The van der Waals surface area contributed by atoms with Crippen LogP contribution in [0.15, 0.2) is 12.2 Å². The van der Waals surface area contributed by atoms with Gasteiger partial charge in [-0.2, -0.15) is 0 Å². The first-order valence-electron chi connectivity index (χ1n) is 3.76. The fourth-order valence-electron chi connectivity index (χ4n) is 0.970. The lowest BCUT2D eigenvalue weighted by Gasteiger charge is -2.22. The molecule has 1 heterocycles. The summed E-state index contributed by atoms with van der Waals surface area (Å²) < 4.78 is 10.7. The van der Waals surface area contributed by atoms with E-state index in [1.807, 2.05) is 13.0 Å². The molecule has 2 nitrogen and oxygen atoms in total. The maximum absolute atomic E-state index is 5.42. The van der Waals surface area contributed by atoms with Gasteiger partial charge in [0.1, 0.15) is 0 Å². The molecular weight excluding hydrogens is 128 g/mol. The van der Waals surface area contributed by atoms with E-state index in [9.17, 15) is 0 Å². The fourth-order valence-corrected chi connectivity index (χ4v) is 0.970. The maximum Gasteiger partial charge on any atom is 0.177 e. The Balaban J connectivity index is 2.32. The minimum absolute atomic E-state index is 0.103. The van der Waals surface area contributed by atoms with Gasteiger partial charge in [-0.15, -0.1) is 0 Å². The third kappa shape index (κ3) is 2.12. The highest BCUT2D eigenvalue weighted by Crippen LogP contribution is 2.11. The van der Waals surface area contributed by atoms with E-state index in [1.165, 1.54) is 0 Å². The predicted octanol–water partition coefficient (Wildman–Crippen LogP) is 1.71. The minimum Gasteiger partial charge on any atom is -0.349 e. The summed E-state index contributed by atoms with van der Waals surface area (Å²) in [5.41, 5.74) is 0. The van der Waals surface area contributed by atoms with Crippen molar-refractivity contribution in [3.8, 4) is 0 Å². The third-order valence-electron chi connectivity index (χ3n) is 1.46. The number of rotatable bonds is 2. The van der Waals surface area contributed by atoms with Crippen molar-refractivity contribution in [1.82, 2.24) is 0 Å². The Bertz CT molecular complexity index is 120. The number of hydrogen-bond donors (Lipinski definition) is 0. The van der Waals surface area contributed by atoms with E-state index in [0.717, 1.165) is 6.42 Å². The first-order valence-corrected chi connectivity index (χ1v) is 3.76. The lowest BCUT2D eigenvalue weighted by Crippen LogP contribution is -2.23. The van der Waals surface area contributed by atoms with Gasteiger partial charge < -0.3 is 9.47 Å². The molecule has 2 atom stereocenters.